The van der Waals surface area contributed by atoms with Crippen molar-refractivity contribution in [2.24, 2.45) is 0 Å². The topological polar surface area (TPSA) is 95.2 Å². The van der Waals surface area contributed by atoms with Crippen molar-refractivity contribution in [3.8, 4) is 17.3 Å². The van der Waals surface area contributed by atoms with Gasteiger partial charge in [0, 0.05) is 10.8 Å². The fourth-order valence-corrected chi connectivity index (χ4v) is 6.43. The molecule has 0 N–H and O–H groups in total. The van der Waals surface area contributed by atoms with E-state index < -0.39 is 9.84 Å². The average Bonchev–Trinajstić information content (AvgIpc) is 3.22. The zero-order valence-corrected chi connectivity index (χ0v) is 17.3. The fraction of sp³-hybridized carbons (Fsp3) is 0.421. The largest absolute Gasteiger partial charge is 0.476 e. The van der Waals surface area contributed by atoms with Crippen molar-refractivity contribution in [3.05, 3.63) is 29.8 Å². The van der Waals surface area contributed by atoms with E-state index in [0.29, 0.717) is 41.2 Å². The van der Waals surface area contributed by atoms with Crippen molar-refractivity contribution in [1.29, 1.82) is 0 Å². The molecular formula is C19H21N3O4S2. The molecule has 4 rings (SSSR count). The molecule has 1 aromatic carbocycles. The van der Waals surface area contributed by atoms with Crippen molar-refractivity contribution in [3.63, 3.8) is 0 Å². The van der Waals surface area contributed by atoms with Crippen LogP contribution in [-0.2, 0) is 9.84 Å². The maximum Gasteiger partial charge on any atom is 0.255 e. The van der Waals surface area contributed by atoms with Crippen LogP contribution in [-0.4, -0.2) is 46.7 Å². The predicted molar refractivity (Wildman–Crippen MR) is 108 cm³/mol. The molecule has 148 valence electrons. The lowest BCUT2D eigenvalue weighted by Gasteiger charge is -2.08. The summed E-state index contributed by atoms with van der Waals surface area (Å²) in [5.74, 6) is 1.19. The van der Waals surface area contributed by atoms with Crippen molar-refractivity contribution < 1.29 is 17.6 Å². The molecule has 1 fully saturated rings. The first-order chi connectivity index (χ1) is 13.4. The number of nitrogens with zero attached hydrogens (tertiary/aromatic N) is 3. The summed E-state index contributed by atoms with van der Waals surface area (Å²) in [6.07, 6.45) is 1.43. The molecular weight excluding hydrogens is 398 g/mol. The number of benzene rings is 1. The Morgan fingerprint density at radius 2 is 2.14 bits per heavy atom. The van der Waals surface area contributed by atoms with Crippen molar-refractivity contribution in [1.82, 2.24) is 15.0 Å². The molecule has 1 aliphatic rings. The van der Waals surface area contributed by atoms with Gasteiger partial charge in [0.15, 0.2) is 20.5 Å². The van der Waals surface area contributed by atoms with Gasteiger partial charge in [-0.05, 0) is 31.9 Å². The summed E-state index contributed by atoms with van der Waals surface area (Å²) in [4.78, 5) is 13.5. The number of thioether (sulfide) groups is 1. The van der Waals surface area contributed by atoms with Crippen LogP contribution in [0.25, 0.3) is 22.7 Å². The molecule has 0 aliphatic carbocycles. The molecule has 28 heavy (non-hydrogen) atoms. The number of ether oxygens (including phenoxy) is 1. The Kier molecular flexibility index (Phi) is 5.29. The van der Waals surface area contributed by atoms with Crippen molar-refractivity contribution in [2.45, 2.75) is 37.1 Å². The van der Waals surface area contributed by atoms with Gasteiger partial charge in [-0.25, -0.2) is 13.4 Å². The third-order valence-electron chi connectivity index (χ3n) is 4.38. The molecule has 2 aromatic heterocycles. The third-order valence-corrected chi connectivity index (χ3v) is 7.48. The number of sulfone groups is 1. The number of hydrogen-bond donors (Lipinski definition) is 0. The second-order valence-electron chi connectivity index (χ2n) is 6.84. The highest BCUT2D eigenvalue weighted by molar-refractivity contribution is 8.01. The maximum atomic E-state index is 11.7. The lowest BCUT2D eigenvalue weighted by atomic mass is 10.1. The van der Waals surface area contributed by atoms with Crippen LogP contribution in [0, 0.1) is 6.92 Å². The van der Waals surface area contributed by atoms with E-state index in [2.05, 4.69) is 15.0 Å². The third kappa shape index (κ3) is 4.15. The lowest BCUT2D eigenvalue weighted by Crippen LogP contribution is -2.07. The van der Waals surface area contributed by atoms with Gasteiger partial charge in [-0.1, -0.05) is 36.4 Å². The number of fused-ring (bicyclic) bond motifs is 1. The van der Waals surface area contributed by atoms with E-state index >= 15 is 0 Å². The molecule has 9 heteroatoms. The van der Waals surface area contributed by atoms with Gasteiger partial charge in [-0.15, -0.1) is 0 Å². The summed E-state index contributed by atoms with van der Waals surface area (Å²) in [6.45, 7) is 4.52. The zero-order valence-electron chi connectivity index (χ0n) is 15.7. The second-order valence-corrected chi connectivity index (χ2v) is 10.3. The Hall–Kier alpha value is -2.13. The van der Waals surface area contributed by atoms with E-state index in [4.69, 9.17) is 9.15 Å². The predicted octanol–water partition coefficient (Wildman–Crippen LogP) is 3.66. The minimum atomic E-state index is -2.96. The number of hydrogen-bond acceptors (Lipinski definition) is 8. The minimum Gasteiger partial charge on any atom is -0.476 e. The Balaban J connectivity index is 1.71. The van der Waals surface area contributed by atoms with Crippen LogP contribution in [0.2, 0.25) is 0 Å². The van der Waals surface area contributed by atoms with Gasteiger partial charge in [-0.2, -0.15) is 9.97 Å². The Morgan fingerprint density at radius 1 is 1.29 bits per heavy atom. The normalized spacial score (nSPS) is 18.6. The van der Waals surface area contributed by atoms with E-state index in [9.17, 15) is 8.42 Å². The van der Waals surface area contributed by atoms with Crippen LogP contribution in [0.1, 0.15) is 25.3 Å². The van der Waals surface area contributed by atoms with Crippen LogP contribution < -0.4 is 4.74 Å². The smallest absolute Gasteiger partial charge is 0.255 e. The summed E-state index contributed by atoms with van der Waals surface area (Å²) in [5.41, 5.74) is 2.79. The second kappa shape index (κ2) is 7.71. The highest BCUT2D eigenvalue weighted by Gasteiger charge is 2.30. The molecule has 1 unspecified atom stereocenters. The molecule has 0 saturated carbocycles. The van der Waals surface area contributed by atoms with Crippen LogP contribution in [0.15, 0.2) is 33.8 Å². The van der Waals surface area contributed by atoms with Crippen LogP contribution >= 0.6 is 11.8 Å². The monoisotopic (exact) mass is 419 g/mol. The van der Waals surface area contributed by atoms with E-state index in [0.717, 1.165) is 17.5 Å². The standard InChI is InChI=1S/C19H21N3O4S2/c1-3-8-25-17-15-18(26-16(20-15)13-6-4-5-12(2)10-13)22-19(21-17)27-14-7-9-28(23,24)11-14/h4-6,10,14H,3,7-9,11H2,1-2H3. The molecule has 0 amide bonds. The van der Waals surface area contributed by atoms with E-state index in [-0.39, 0.29) is 16.8 Å². The van der Waals surface area contributed by atoms with Gasteiger partial charge in [0.2, 0.25) is 11.8 Å². The van der Waals surface area contributed by atoms with Crippen LogP contribution in [0.3, 0.4) is 0 Å². The molecule has 1 atom stereocenters. The summed E-state index contributed by atoms with van der Waals surface area (Å²) < 4.78 is 35.1. The van der Waals surface area contributed by atoms with Gasteiger partial charge in [-0.3, -0.25) is 0 Å². The molecule has 0 spiro atoms. The SMILES string of the molecule is CCCOc1nc(SC2CCS(=O)(=O)C2)nc2oc(-c3cccc(C)c3)nc12. The fourth-order valence-electron chi connectivity index (χ4n) is 3.04. The van der Waals surface area contributed by atoms with Crippen LogP contribution in [0.4, 0.5) is 0 Å². The molecule has 7 nitrogen and oxygen atoms in total. The Bertz CT molecular complexity index is 1110. The molecule has 3 heterocycles. The number of aromatic nitrogens is 3. The Morgan fingerprint density at radius 3 is 2.86 bits per heavy atom. The van der Waals surface area contributed by atoms with E-state index in [1.54, 1.807) is 0 Å². The van der Waals surface area contributed by atoms with Gasteiger partial charge in [0.1, 0.15) is 0 Å². The van der Waals surface area contributed by atoms with Gasteiger partial charge >= 0.3 is 0 Å². The molecule has 3 aromatic rings. The number of rotatable bonds is 6. The highest BCUT2D eigenvalue weighted by atomic mass is 32.2. The van der Waals surface area contributed by atoms with Crippen LogP contribution in [0.5, 0.6) is 5.88 Å². The average molecular weight is 420 g/mol. The van der Waals surface area contributed by atoms with E-state index in [1.165, 1.54) is 11.8 Å². The summed E-state index contributed by atoms with van der Waals surface area (Å²) in [5, 5.41) is 0.397. The molecule has 1 saturated heterocycles. The van der Waals surface area contributed by atoms with Crippen molar-refractivity contribution in [2.75, 3.05) is 18.1 Å². The summed E-state index contributed by atoms with van der Waals surface area (Å²) in [6, 6.07) is 7.87. The van der Waals surface area contributed by atoms with E-state index in [1.807, 2.05) is 38.1 Å². The Labute approximate surface area is 167 Å². The van der Waals surface area contributed by atoms with Gasteiger partial charge < -0.3 is 9.15 Å². The first-order valence-electron chi connectivity index (χ1n) is 9.19. The molecule has 1 aliphatic heterocycles. The number of oxazole rings is 1. The zero-order chi connectivity index (χ0) is 19.7. The molecule has 0 bridgehead atoms. The lowest BCUT2D eigenvalue weighted by molar-refractivity contribution is 0.305. The quantitative estimate of drug-likeness (QED) is 0.559. The summed E-state index contributed by atoms with van der Waals surface area (Å²) >= 11 is 1.35. The number of aryl methyl sites for hydroxylation is 1. The van der Waals surface area contributed by atoms with Gasteiger partial charge in [0.05, 0.1) is 18.1 Å². The summed E-state index contributed by atoms with van der Waals surface area (Å²) in [7, 11) is -2.96. The van der Waals surface area contributed by atoms with Gasteiger partial charge in [0.25, 0.3) is 5.71 Å². The first-order valence-corrected chi connectivity index (χ1v) is 11.9. The first kappa shape index (κ1) is 19.2. The highest BCUT2D eigenvalue weighted by Crippen LogP contribution is 2.34. The van der Waals surface area contributed by atoms with Crippen molar-refractivity contribution >= 4 is 32.8 Å². The molecule has 0 radical (unpaired) electrons. The maximum absolute atomic E-state index is 11.7. The minimum absolute atomic E-state index is 0.0550.